The van der Waals surface area contributed by atoms with Gasteiger partial charge in [-0.1, -0.05) is 12.1 Å². The van der Waals surface area contributed by atoms with Gasteiger partial charge in [0.25, 0.3) is 0 Å². The van der Waals surface area contributed by atoms with Crippen molar-refractivity contribution in [2.24, 2.45) is 0 Å². The number of oxazole rings is 1. The lowest BCUT2D eigenvalue weighted by molar-refractivity contribution is -0.128. The first kappa shape index (κ1) is 15.8. The van der Waals surface area contributed by atoms with E-state index in [9.17, 15) is 4.79 Å². The number of fused-ring (bicyclic) bond motifs is 1. The average Bonchev–Trinajstić information content (AvgIpc) is 2.94. The van der Waals surface area contributed by atoms with Crippen LogP contribution in [0.25, 0.3) is 17.2 Å². The van der Waals surface area contributed by atoms with Crippen molar-refractivity contribution in [1.29, 1.82) is 0 Å². The van der Waals surface area contributed by atoms with Gasteiger partial charge in [-0.2, -0.15) is 0 Å². The number of rotatable bonds is 5. The fourth-order valence-corrected chi connectivity index (χ4v) is 2.24. The molecule has 5 nitrogen and oxygen atoms in total. The summed E-state index contributed by atoms with van der Waals surface area (Å²) in [5.41, 5.74) is 2.21. The molecular formula is C19H17NO4. The maximum Gasteiger partial charge on any atom is 0.336 e. The zero-order valence-corrected chi connectivity index (χ0v) is 13.5. The Kier molecular flexibility index (Phi) is 4.61. The standard InChI is InChI=1S/C19H17NO4/c1-3-22-15-7-4-14(5-8-15)6-11-19(21)24-16-9-10-18-17(12-16)20-13(2)23-18/h4-12H,3H2,1-2H3/b11-6+. The highest BCUT2D eigenvalue weighted by Crippen LogP contribution is 2.21. The molecule has 122 valence electrons. The van der Waals surface area contributed by atoms with Crippen LogP contribution in [0, 0.1) is 6.92 Å². The summed E-state index contributed by atoms with van der Waals surface area (Å²) >= 11 is 0. The van der Waals surface area contributed by atoms with E-state index in [1.165, 1.54) is 6.08 Å². The molecule has 0 atom stereocenters. The fraction of sp³-hybridized carbons (Fsp3) is 0.158. The van der Waals surface area contributed by atoms with Gasteiger partial charge in [0.15, 0.2) is 11.5 Å². The Bertz CT molecular complexity index is 878. The van der Waals surface area contributed by atoms with Gasteiger partial charge in [-0.25, -0.2) is 9.78 Å². The topological polar surface area (TPSA) is 61.6 Å². The van der Waals surface area contributed by atoms with Gasteiger partial charge in [-0.05, 0) is 42.8 Å². The van der Waals surface area contributed by atoms with Crippen LogP contribution in [0.5, 0.6) is 11.5 Å². The van der Waals surface area contributed by atoms with Gasteiger partial charge >= 0.3 is 5.97 Å². The quantitative estimate of drug-likeness (QED) is 0.401. The van der Waals surface area contributed by atoms with Crippen LogP contribution in [-0.2, 0) is 4.79 Å². The minimum absolute atomic E-state index is 0.428. The molecule has 5 heteroatoms. The Balaban J connectivity index is 1.65. The molecule has 1 aromatic heterocycles. The number of hydrogen-bond donors (Lipinski definition) is 0. The molecule has 0 spiro atoms. The van der Waals surface area contributed by atoms with Gasteiger partial charge in [0.2, 0.25) is 0 Å². The third kappa shape index (κ3) is 3.81. The van der Waals surface area contributed by atoms with Crippen LogP contribution in [0.1, 0.15) is 18.4 Å². The van der Waals surface area contributed by atoms with Crippen LogP contribution in [-0.4, -0.2) is 17.6 Å². The molecule has 0 saturated carbocycles. The lowest BCUT2D eigenvalue weighted by atomic mass is 10.2. The summed E-state index contributed by atoms with van der Waals surface area (Å²) in [6.07, 6.45) is 3.07. The molecule has 0 aliphatic rings. The fourth-order valence-electron chi connectivity index (χ4n) is 2.24. The third-order valence-electron chi connectivity index (χ3n) is 3.29. The molecule has 2 aromatic carbocycles. The van der Waals surface area contributed by atoms with Crippen molar-refractivity contribution in [3.63, 3.8) is 0 Å². The lowest BCUT2D eigenvalue weighted by Crippen LogP contribution is -2.03. The van der Waals surface area contributed by atoms with Crippen molar-refractivity contribution in [3.8, 4) is 11.5 Å². The molecule has 0 radical (unpaired) electrons. The summed E-state index contributed by atoms with van der Waals surface area (Å²) < 4.78 is 16.0. The van der Waals surface area contributed by atoms with E-state index in [1.807, 2.05) is 31.2 Å². The van der Waals surface area contributed by atoms with E-state index in [0.717, 1.165) is 11.3 Å². The van der Waals surface area contributed by atoms with E-state index in [2.05, 4.69) is 4.98 Å². The van der Waals surface area contributed by atoms with Crippen LogP contribution in [0.3, 0.4) is 0 Å². The van der Waals surface area contributed by atoms with Gasteiger partial charge in [0, 0.05) is 19.1 Å². The predicted octanol–water partition coefficient (Wildman–Crippen LogP) is 4.15. The van der Waals surface area contributed by atoms with Crippen molar-refractivity contribution in [2.45, 2.75) is 13.8 Å². The van der Waals surface area contributed by atoms with Crippen molar-refractivity contribution in [2.75, 3.05) is 6.61 Å². The number of nitrogens with zero attached hydrogens (tertiary/aromatic N) is 1. The second-order valence-corrected chi connectivity index (χ2v) is 5.12. The van der Waals surface area contributed by atoms with Gasteiger partial charge < -0.3 is 13.9 Å². The van der Waals surface area contributed by atoms with E-state index in [0.29, 0.717) is 29.3 Å². The summed E-state index contributed by atoms with van der Waals surface area (Å²) in [5.74, 6) is 1.35. The smallest absolute Gasteiger partial charge is 0.336 e. The molecule has 0 aliphatic carbocycles. The Morgan fingerprint density at radius 1 is 1.17 bits per heavy atom. The summed E-state index contributed by atoms with van der Waals surface area (Å²) in [7, 11) is 0. The first-order valence-electron chi connectivity index (χ1n) is 7.64. The Labute approximate surface area is 139 Å². The molecule has 0 amide bonds. The number of ether oxygens (including phenoxy) is 2. The normalized spacial score (nSPS) is 11.1. The van der Waals surface area contributed by atoms with Crippen molar-refractivity contribution in [1.82, 2.24) is 4.98 Å². The highest BCUT2D eigenvalue weighted by molar-refractivity contribution is 5.89. The van der Waals surface area contributed by atoms with Crippen LogP contribution in [0.4, 0.5) is 0 Å². The molecule has 0 N–H and O–H groups in total. The molecule has 3 rings (SSSR count). The van der Waals surface area contributed by atoms with Gasteiger partial charge in [0.05, 0.1) is 6.61 Å². The second-order valence-electron chi connectivity index (χ2n) is 5.12. The van der Waals surface area contributed by atoms with Gasteiger partial charge in [0.1, 0.15) is 17.0 Å². The number of carbonyl (C=O) groups excluding carboxylic acids is 1. The van der Waals surface area contributed by atoms with Crippen molar-refractivity contribution in [3.05, 3.63) is 60.0 Å². The van der Waals surface area contributed by atoms with E-state index >= 15 is 0 Å². The van der Waals surface area contributed by atoms with Crippen LogP contribution in [0.15, 0.2) is 53.0 Å². The molecule has 0 bridgehead atoms. The molecule has 24 heavy (non-hydrogen) atoms. The largest absolute Gasteiger partial charge is 0.494 e. The monoisotopic (exact) mass is 323 g/mol. The van der Waals surface area contributed by atoms with Crippen molar-refractivity contribution < 1.29 is 18.7 Å². The molecule has 1 heterocycles. The number of esters is 1. The summed E-state index contributed by atoms with van der Waals surface area (Å²) in [6, 6.07) is 12.5. The zero-order valence-electron chi connectivity index (χ0n) is 13.5. The molecule has 0 fully saturated rings. The maximum absolute atomic E-state index is 11.9. The predicted molar refractivity (Wildman–Crippen MR) is 91.0 cm³/mol. The zero-order chi connectivity index (χ0) is 16.9. The van der Waals surface area contributed by atoms with Crippen molar-refractivity contribution >= 4 is 23.1 Å². The Morgan fingerprint density at radius 3 is 2.67 bits per heavy atom. The Morgan fingerprint density at radius 2 is 1.92 bits per heavy atom. The molecule has 0 aliphatic heterocycles. The van der Waals surface area contributed by atoms with E-state index in [-0.39, 0.29) is 0 Å². The molecule has 0 unspecified atom stereocenters. The number of benzene rings is 2. The maximum atomic E-state index is 11.9. The summed E-state index contributed by atoms with van der Waals surface area (Å²) in [4.78, 5) is 16.1. The van der Waals surface area contributed by atoms with Gasteiger partial charge in [-0.15, -0.1) is 0 Å². The SMILES string of the molecule is CCOc1ccc(/C=C/C(=O)Oc2ccc3oc(C)nc3c2)cc1. The van der Waals surface area contributed by atoms with E-state index in [4.69, 9.17) is 13.9 Å². The number of aryl methyl sites for hydroxylation is 1. The highest BCUT2D eigenvalue weighted by Gasteiger charge is 2.06. The number of aromatic nitrogens is 1. The lowest BCUT2D eigenvalue weighted by Gasteiger charge is -2.02. The minimum Gasteiger partial charge on any atom is -0.494 e. The van der Waals surface area contributed by atoms with Gasteiger partial charge in [-0.3, -0.25) is 0 Å². The number of hydrogen-bond acceptors (Lipinski definition) is 5. The first-order chi connectivity index (χ1) is 11.6. The van der Waals surface area contributed by atoms with Crippen LogP contribution >= 0.6 is 0 Å². The highest BCUT2D eigenvalue weighted by atomic mass is 16.5. The molecular weight excluding hydrogens is 306 g/mol. The molecule has 0 saturated heterocycles. The van der Waals surface area contributed by atoms with E-state index in [1.54, 1.807) is 31.2 Å². The number of carbonyl (C=O) groups is 1. The summed E-state index contributed by atoms with van der Waals surface area (Å²) in [5, 5.41) is 0. The summed E-state index contributed by atoms with van der Waals surface area (Å²) in [6.45, 7) is 4.32. The third-order valence-corrected chi connectivity index (χ3v) is 3.29. The average molecular weight is 323 g/mol. The van der Waals surface area contributed by atoms with Crippen LogP contribution in [0.2, 0.25) is 0 Å². The molecule has 3 aromatic rings. The van der Waals surface area contributed by atoms with E-state index < -0.39 is 5.97 Å². The Hall–Kier alpha value is -3.08. The first-order valence-corrected chi connectivity index (χ1v) is 7.64. The van der Waals surface area contributed by atoms with Crippen LogP contribution < -0.4 is 9.47 Å². The second kappa shape index (κ2) is 7.00. The minimum atomic E-state index is -0.455.